The van der Waals surface area contributed by atoms with Crippen molar-refractivity contribution in [3.63, 3.8) is 0 Å². The molecular formula is C18H24N4O. The van der Waals surface area contributed by atoms with Crippen LogP contribution in [0.25, 0.3) is 0 Å². The summed E-state index contributed by atoms with van der Waals surface area (Å²) in [6.07, 6.45) is 2.37. The zero-order valence-electron chi connectivity index (χ0n) is 13.7. The van der Waals surface area contributed by atoms with Gasteiger partial charge in [0.05, 0.1) is 24.1 Å². The predicted octanol–water partition coefficient (Wildman–Crippen LogP) is 2.89. The van der Waals surface area contributed by atoms with Crippen LogP contribution in [-0.4, -0.2) is 30.3 Å². The van der Waals surface area contributed by atoms with Crippen LogP contribution in [0.5, 0.6) is 0 Å². The smallest absolute Gasteiger partial charge is 0.128 e. The van der Waals surface area contributed by atoms with Crippen LogP contribution in [0.15, 0.2) is 42.6 Å². The number of nitrogens with one attached hydrogen (secondary N) is 1. The highest BCUT2D eigenvalue weighted by atomic mass is 16.5. The second-order valence-electron chi connectivity index (χ2n) is 6.16. The van der Waals surface area contributed by atoms with E-state index in [2.05, 4.69) is 41.2 Å². The summed E-state index contributed by atoms with van der Waals surface area (Å²) in [4.78, 5) is 6.87. The third-order valence-corrected chi connectivity index (χ3v) is 3.97. The quantitative estimate of drug-likeness (QED) is 0.850. The molecular weight excluding hydrogens is 288 g/mol. The van der Waals surface area contributed by atoms with Gasteiger partial charge in [-0.2, -0.15) is 0 Å². The minimum Gasteiger partial charge on any atom is -0.399 e. The van der Waals surface area contributed by atoms with Crippen LogP contribution >= 0.6 is 0 Å². The molecule has 1 aromatic heterocycles. The molecule has 2 atom stereocenters. The zero-order valence-corrected chi connectivity index (χ0v) is 13.7. The lowest BCUT2D eigenvalue weighted by atomic mass is 10.2. The Morgan fingerprint density at radius 3 is 2.43 bits per heavy atom. The van der Waals surface area contributed by atoms with Crippen LogP contribution in [0.2, 0.25) is 0 Å². The maximum absolute atomic E-state index is 5.77. The van der Waals surface area contributed by atoms with Crippen molar-refractivity contribution in [2.75, 3.05) is 29.0 Å². The second-order valence-corrected chi connectivity index (χ2v) is 6.16. The molecule has 0 saturated carbocycles. The molecule has 1 saturated heterocycles. The summed E-state index contributed by atoms with van der Waals surface area (Å²) >= 11 is 0. The van der Waals surface area contributed by atoms with Crippen LogP contribution in [0.4, 0.5) is 17.2 Å². The molecule has 5 heteroatoms. The fraction of sp³-hybridized carbons (Fsp3) is 0.389. The minimum absolute atomic E-state index is 0.240. The standard InChI is InChI=1S/C18H24N4O/c1-13-11-22(12-14(2)23-13)18-8-7-17(10-21-18)20-9-15-3-5-16(19)6-4-15/h3-8,10,13-14,20H,9,11-12,19H2,1-2H3/t13-,14?/m1/s1. The molecule has 1 unspecified atom stereocenters. The summed E-state index contributed by atoms with van der Waals surface area (Å²) in [5, 5.41) is 3.38. The number of morpholine rings is 1. The Bertz CT molecular complexity index is 616. The lowest BCUT2D eigenvalue weighted by molar-refractivity contribution is -0.00545. The number of nitrogens with two attached hydrogens (primary N) is 1. The Hall–Kier alpha value is -2.27. The predicted molar refractivity (Wildman–Crippen MR) is 94.6 cm³/mol. The SMILES string of the molecule is CC1CN(c2ccc(NCc3ccc(N)cc3)cn2)C[C@@H](C)O1. The number of aromatic nitrogens is 1. The van der Waals surface area contributed by atoms with Gasteiger partial charge in [0.1, 0.15) is 5.82 Å². The van der Waals surface area contributed by atoms with E-state index in [-0.39, 0.29) is 12.2 Å². The third kappa shape index (κ3) is 4.13. The van der Waals surface area contributed by atoms with Crippen molar-refractivity contribution in [3.05, 3.63) is 48.2 Å². The molecule has 3 rings (SSSR count). The molecule has 122 valence electrons. The van der Waals surface area contributed by atoms with Gasteiger partial charge in [-0.1, -0.05) is 12.1 Å². The van der Waals surface area contributed by atoms with E-state index in [1.165, 1.54) is 5.56 Å². The van der Waals surface area contributed by atoms with E-state index >= 15 is 0 Å². The average molecular weight is 312 g/mol. The Kier molecular flexibility index (Phi) is 4.67. The van der Waals surface area contributed by atoms with E-state index in [9.17, 15) is 0 Å². The molecule has 1 fully saturated rings. The lowest BCUT2D eigenvalue weighted by Gasteiger charge is -2.36. The van der Waals surface area contributed by atoms with Crippen LogP contribution in [-0.2, 0) is 11.3 Å². The fourth-order valence-corrected chi connectivity index (χ4v) is 2.88. The van der Waals surface area contributed by atoms with Gasteiger partial charge in [-0.15, -0.1) is 0 Å². The molecule has 1 aliphatic heterocycles. The van der Waals surface area contributed by atoms with Gasteiger partial charge in [-0.25, -0.2) is 4.98 Å². The highest BCUT2D eigenvalue weighted by Crippen LogP contribution is 2.20. The van der Waals surface area contributed by atoms with Gasteiger partial charge >= 0.3 is 0 Å². The Morgan fingerprint density at radius 2 is 1.83 bits per heavy atom. The number of anilines is 3. The first-order valence-corrected chi connectivity index (χ1v) is 8.05. The first-order chi connectivity index (χ1) is 11.1. The van der Waals surface area contributed by atoms with Crippen molar-refractivity contribution in [2.24, 2.45) is 0 Å². The number of pyridine rings is 1. The number of nitrogens with zero attached hydrogens (tertiary/aromatic N) is 2. The molecule has 2 heterocycles. The van der Waals surface area contributed by atoms with Crippen molar-refractivity contribution in [2.45, 2.75) is 32.6 Å². The molecule has 0 amide bonds. The van der Waals surface area contributed by atoms with Gasteiger partial charge in [0.15, 0.2) is 0 Å². The van der Waals surface area contributed by atoms with Crippen LogP contribution in [0, 0.1) is 0 Å². The molecule has 5 nitrogen and oxygen atoms in total. The lowest BCUT2D eigenvalue weighted by Crippen LogP contribution is -2.45. The molecule has 0 bridgehead atoms. The second kappa shape index (κ2) is 6.87. The molecule has 0 radical (unpaired) electrons. The number of hydrogen-bond donors (Lipinski definition) is 2. The van der Waals surface area contributed by atoms with E-state index in [1.54, 1.807) is 0 Å². The van der Waals surface area contributed by atoms with Crippen LogP contribution in [0.3, 0.4) is 0 Å². The average Bonchev–Trinajstić information content (AvgIpc) is 2.54. The Labute approximate surface area is 137 Å². The fourth-order valence-electron chi connectivity index (χ4n) is 2.88. The number of hydrogen-bond acceptors (Lipinski definition) is 5. The van der Waals surface area contributed by atoms with E-state index in [0.717, 1.165) is 36.8 Å². The van der Waals surface area contributed by atoms with Gasteiger partial charge in [0, 0.05) is 25.3 Å². The number of rotatable bonds is 4. The zero-order chi connectivity index (χ0) is 16.2. The van der Waals surface area contributed by atoms with E-state index in [4.69, 9.17) is 10.5 Å². The summed E-state index contributed by atoms with van der Waals surface area (Å²) in [6.45, 7) is 6.73. The Balaban J connectivity index is 1.59. The summed E-state index contributed by atoms with van der Waals surface area (Å²) in [6, 6.07) is 12.0. The molecule has 3 N–H and O–H groups in total. The molecule has 1 aliphatic rings. The topological polar surface area (TPSA) is 63.4 Å². The number of ether oxygens (including phenoxy) is 1. The molecule has 0 aliphatic carbocycles. The summed E-state index contributed by atoms with van der Waals surface area (Å²) in [7, 11) is 0. The van der Waals surface area contributed by atoms with Gasteiger partial charge < -0.3 is 20.7 Å². The van der Waals surface area contributed by atoms with Gasteiger partial charge in [-0.3, -0.25) is 0 Å². The highest BCUT2D eigenvalue weighted by molar-refractivity contribution is 5.49. The van der Waals surface area contributed by atoms with Crippen molar-refractivity contribution in [1.29, 1.82) is 0 Å². The van der Waals surface area contributed by atoms with Crippen molar-refractivity contribution < 1.29 is 4.74 Å². The summed E-state index contributed by atoms with van der Waals surface area (Å²) in [5.41, 5.74) is 8.69. The molecule has 2 aromatic rings. The van der Waals surface area contributed by atoms with E-state index < -0.39 is 0 Å². The maximum Gasteiger partial charge on any atom is 0.128 e. The van der Waals surface area contributed by atoms with Crippen molar-refractivity contribution >= 4 is 17.2 Å². The van der Waals surface area contributed by atoms with E-state index in [0.29, 0.717) is 0 Å². The normalized spacial score (nSPS) is 21.2. The van der Waals surface area contributed by atoms with Crippen LogP contribution in [0.1, 0.15) is 19.4 Å². The first kappa shape index (κ1) is 15.6. The van der Waals surface area contributed by atoms with Gasteiger partial charge in [0.25, 0.3) is 0 Å². The largest absolute Gasteiger partial charge is 0.399 e. The van der Waals surface area contributed by atoms with Gasteiger partial charge in [0.2, 0.25) is 0 Å². The van der Waals surface area contributed by atoms with Crippen molar-refractivity contribution in [1.82, 2.24) is 4.98 Å². The Morgan fingerprint density at radius 1 is 1.13 bits per heavy atom. The van der Waals surface area contributed by atoms with E-state index in [1.807, 2.05) is 30.5 Å². The molecule has 1 aromatic carbocycles. The summed E-state index contributed by atoms with van der Waals surface area (Å²) < 4.78 is 5.77. The number of nitrogen functional groups attached to an aromatic ring is 1. The third-order valence-electron chi connectivity index (χ3n) is 3.97. The number of benzene rings is 1. The van der Waals surface area contributed by atoms with Gasteiger partial charge in [-0.05, 0) is 43.7 Å². The highest BCUT2D eigenvalue weighted by Gasteiger charge is 2.22. The molecule has 0 spiro atoms. The van der Waals surface area contributed by atoms with Crippen molar-refractivity contribution in [3.8, 4) is 0 Å². The maximum atomic E-state index is 5.77. The minimum atomic E-state index is 0.240. The molecule has 23 heavy (non-hydrogen) atoms. The monoisotopic (exact) mass is 312 g/mol. The first-order valence-electron chi connectivity index (χ1n) is 8.05. The van der Waals surface area contributed by atoms with Crippen LogP contribution < -0.4 is 16.0 Å². The summed E-state index contributed by atoms with van der Waals surface area (Å²) in [5.74, 6) is 1.00.